The van der Waals surface area contributed by atoms with Crippen LogP contribution >= 0.6 is 0 Å². The highest BCUT2D eigenvalue weighted by Gasteiger charge is 2.26. The fraction of sp³-hybridized carbons (Fsp3) is 0.889. The normalized spacial score (nSPS) is 28.3. The van der Waals surface area contributed by atoms with E-state index in [0.29, 0.717) is 18.5 Å². The average molecular weight is 171 g/mol. The lowest BCUT2D eigenvalue weighted by Crippen LogP contribution is -2.51. The van der Waals surface area contributed by atoms with Crippen LogP contribution in [0.25, 0.3) is 0 Å². The molecule has 70 valence electrons. The highest BCUT2D eigenvalue weighted by Crippen LogP contribution is 2.14. The predicted molar refractivity (Wildman–Crippen MR) is 46.8 cm³/mol. The maximum Gasteiger partial charge on any atom is 0.307 e. The minimum absolute atomic E-state index is 0.00926. The van der Waals surface area contributed by atoms with E-state index in [1.165, 1.54) is 0 Å². The Balaban J connectivity index is 2.11. The van der Waals surface area contributed by atoms with Crippen LogP contribution < -0.4 is 5.32 Å². The van der Waals surface area contributed by atoms with E-state index >= 15 is 0 Å². The second-order valence-electron chi connectivity index (χ2n) is 3.74. The number of nitrogens with one attached hydrogen (secondary N) is 1. The molecule has 0 aromatic rings. The van der Waals surface area contributed by atoms with Crippen molar-refractivity contribution < 1.29 is 9.53 Å². The summed E-state index contributed by atoms with van der Waals surface area (Å²) in [6.07, 6.45) is 1.62. The molecule has 3 heteroatoms. The van der Waals surface area contributed by atoms with Crippen molar-refractivity contribution in [2.45, 2.75) is 51.8 Å². The molecule has 0 aromatic heterocycles. The van der Waals surface area contributed by atoms with Gasteiger partial charge in [0.1, 0.15) is 0 Å². The quantitative estimate of drug-likeness (QED) is 0.646. The smallest absolute Gasteiger partial charge is 0.307 e. The number of hydrogen-bond acceptors (Lipinski definition) is 3. The van der Waals surface area contributed by atoms with Crippen LogP contribution in [0.3, 0.4) is 0 Å². The Morgan fingerprint density at radius 2 is 2.25 bits per heavy atom. The summed E-state index contributed by atoms with van der Waals surface area (Å²) in [5.41, 5.74) is 0. The molecular weight excluding hydrogens is 154 g/mol. The zero-order valence-corrected chi connectivity index (χ0v) is 7.96. The Labute approximate surface area is 73.5 Å². The first-order valence-electron chi connectivity index (χ1n) is 4.53. The van der Waals surface area contributed by atoms with Crippen molar-refractivity contribution in [3.63, 3.8) is 0 Å². The van der Waals surface area contributed by atoms with Gasteiger partial charge in [-0.05, 0) is 27.2 Å². The second-order valence-corrected chi connectivity index (χ2v) is 3.74. The van der Waals surface area contributed by atoms with Crippen molar-refractivity contribution in [1.29, 1.82) is 0 Å². The first kappa shape index (κ1) is 9.52. The number of carbonyl (C=O) groups excluding carboxylic acids is 1. The van der Waals surface area contributed by atoms with Crippen molar-refractivity contribution in [3.8, 4) is 0 Å². The molecule has 1 rings (SSSR count). The zero-order chi connectivity index (χ0) is 9.14. The third-order valence-corrected chi connectivity index (χ3v) is 1.94. The average Bonchev–Trinajstić information content (AvgIpc) is 1.82. The molecule has 3 nitrogen and oxygen atoms in total. The zero-order valence-electron chi connectivity index (χ0n) is 7.96. The van der Waals surface area contributed by atoms with E-state index in [4.69, 9.17) is 4.74 Å². The number of ether oxygens (including phenoxy) is 1. The van der Waals surface area contributed by atoms with Gasteiger partial charge < -0.3 is 10.1 Å². The Morgan fingerprint density at radius 1 is 1.67 bits per heavy atom. The van der Waals surface area contributed by atoms with Crippen LogP contribution in [0.2, 0.25) is 0 Å². The fourth-order valence-electron chi connectivity index (χ4n) is 1.46. The largest absolute Gasteiger partial charge is 0.463 e. The number of hydrogen-bond donors (Lipinski definition) is 1. The first-order chi connectivity index (χ1) is 5.58. The molecule has 1 saturated heterocycles. The van der Waals surface area contributed by atoms with Gasteiger partial charge >= 0.3 is 5.97 Å². The van der Waals surface area contributed by atoms with Gasteiger partial charge in [0.2, 0.25) is 0 Å². The molecule has 0 aromatic carbocycles. The molecule has 12 heavy (non-hydrogen) atoms. The second kappa shape index (κ2) is 3.90. The Morgan fingerprint density at radius 3 is 2.67 bits per heavy atom. The van der Waals surface area contributed by atoms with Crippen molar-refractivity contribution in [2.24, 2.45) is 0 Å². The molecule has 0 radical (unpaired) electrons. The molecule has 0 spiro atoms. The highest BCUT2D eigenvalue weighted by atomic mass is 16.5. The van der Waals surface area contributed by atoms with Gasteiger partial charge in [0.15, 0.2) is 0 Å². The lowest BCUT2D eigenvalue weighted by atomic mass is 9.96. The minimum Gasteiger partial charge on any atom is -0.463 e. The minimum atomic E-state index is -0.0885. The lowest BCUT2D eigenvalue weighted by molar-refractivity contribution is -0.148. The Hall–Kier alpha value is -0.570. The van der Waals surface area contributed by atoms with Crippen LogP contribution in [0.4, 0.5) is 0 Å². The fourth-order valence-corrected chi connectivity index (χ4v) is 1.46. The van der Waals surface area contributed by atoms with Gasteiger partial charge in [0, 0.05) is 12.1 Å². The van der Waals surface area contributed by atoms with Gasteiger partial charge in [-0.3, -0.25) is 4.79 Å². The molecule has 1 fully saturated rings. The summed E-state index contributed by atoms with van der Waals surface area (Å²) in [5.74, 6) is -0.0885. The topological polar surface area (TPSA) is 38.3 Å². The molecule has 1 N–H and O–H groups in total. The monoisotopic (exact) mass is 171 g/mol. The van der Waals surface area contributed by atoms with Crippen LogP contribution in [0, 0.1) is 0 Å². The molecule has 1 aliphatic rings. The van der Waals surface area contributed by atoms with Crippen LogP contribution in [0.15, 0.2) is 0 Å². The third-order valence-electron chi connectivity index (χ3n) is 1.94. The van der Waals surface area contributed by atoms with Gasteiger partial charge in [0.25, 0.3) is 0 Å². The van der Waals surface area contributed by atoms with E-state index < -0.39 is 0 Å². The molecule has 0 bridgehead atoms. The van der Waals surface area contributed by atoms with Gasteiger partial charge in [-0.2, -0.15) is 0 Å². The van der Waals surface area contributed by atoms with Crippen molar-refractivity contribution >= 4 is 5.97 Å². The molecule has 2 unspecified atom stereocenters. The standard InChI is InChI=1S/C9H17NO2/c1-6(2)12-9(11)5-8-4-7(3)10-8/h6-8,10H,4-5H2,1-3H3. The van der Waals surface area contributed by atoms with E-state index in [1.807, 2.05) is 13.8 Å². The summed E-state index contributed by atoms with van der Waals surface area (Å²) >= 11 is 0. The molecule has 0 saturated carbocycles. The predicted octanol–water partition coefficient (Wildman–Crippen LogP) is 1.08. The number of carbonyl (C=O) groups is 1. The van der Waals surface area contributed by atoms with Crippen molar-refractivity contribution in [3.05, 3.63) is 0 Å². The first-order valence-corrected chi connectivity index (χ1v) is 4.53. The summed E-state index contributed by atoms with van der Waals surface area (Å²) < 4.78 is 5.01. The van der Waals surface area contributed by atoms with Gasteiger partial charge in [-0.15, -0.1) is 0 Å². The molecule has 0 aliphatic carbocycles. The SMILES string of the molecule is CC1CC(CC(=O)OC(C)C)N1. The van der Waals surface area contributed by atoms with Crippen molar-refractivity contribution in [2.75, 3.05) is 0 Å². The summed E-state index contributed by atoms with van der Waals surface area (Å²) in [6.45, 7) is 5.85. The summed E-state index contributed by atoms with van der Waals surface area (Å²) in [4.78, 5) is 11.1. The summed E-state index contributed by atoms with van der Waals surface area (Å²) in [5, 5.41) is 3.25. The lowest BCUT2D eigenvalue weighted by Gasteiger charge is -2.34. The number of esters is 1. The highest BCUT2D eigenvalue weighted by molar-refractivity contribution is 5.70. The molecule has 2 atom stereocenters. The van der Waals surface area contributed by atoms with E-state index in [9.17, 15) is 4.79 Å². The van der Waals surface area contributed by atoms with E-state index in [2.05, 4.69) is 12.2 Å². The molecule has 1 heterocycles. The van der Waals surface area contributed by atoms with Gasteiger partial charge in [-0.1, -0.05) is 0 Å². The Kier molecular flexibility index (Phi) is 3.09. The van der Waals surface area contributed by atoms with Gasteiger partial charge in [0.05, 0.1) is 12.5 Å². The maximum atomic E-state index is 11.1. The number of rotatable bonds is 3. The van der Waals surface area contributed by atoms with Crippen LogP contribution in [-0.4, -0.2) is 24.2 Å². The van der Waals surface area contributed by atoms with E-state index in [0.717, 1.165) is 6.42 Å². The van der Waals surface area contributed by atoms with Crippen LogP contribution in [0.1, 0.15) is 33.6 Å². The molecular formula is C9H17NO2. The van der Waals surface area contributed by atoms with E-state index in [1.54, 1.807) is 0 Å². The van der Waals surface area contributed by atoms with E-state index in [-0.39, 0.29) is 12.1 Å². The van der Waals surface area contributed by atoms with Gasteiger partial charge in [-0.25, -0.2) is 0 Å². The van der Waals surface area contributed by atoms with Crippen LogP contribution in [0.5, 0.6) is 0 Å². The third kappa shape index (κ3) is 2.81. The summed E-state index contributed by atoms with van der Waals surface area (Å²) in [6, 6.07) is 0.924. The summed E-state index contributed by atoms with van der Waals surface area (Å²) in [7, 11) is 0. The Bertz CT molecular complexity index is 162. The van der Waals surface area contributed by atoms with Crippen LogP contribution in [-0.2, 0) is 9.53 Å². The molecule has 1 aliphatic heterocycles. The van der Waals surface area contributed by atoms with Crippen molar-refractivity contribution in [1.82, 2.24) is 5.32 Å². The molecule has 0 amide bonds. The maximum absolute atomic E-state index is 11.1.